The Labute approximate surface area is 195 Å². The Morgan fingerprint density at radius 2 is 2.00 bits per heavy atom. The summed E-state index contributed by atoms with van der Waals surface area (Å²) in [4.78, 5) is 43.0. The smallest absolute Gasteiger partial charge is 0.416 e. The summed E-state index contributed by atoms with van der Waals surface area (Å²) in [6.45, 7) is 8.21. The van der Waals surface area contributed by atoms with Gasteiger partial charge in [-0.2, -0.15) is 0 Å². The van der Waals surface area contributed by atoms with Crippen LogP contribution in [0.2, 0.25) is 0 Å². The van der Waals surface area contributed by atoms with E-state index in [1.807, 2.05) is 32.9 Å². The lowest BCUT2D eigenvalue weighted by Crippen LogP contribution is -2.47. The molecule has 9 heteroatoms. The van der Waals surface area contributed by atoms with Gasteiger partial charge in [-0.3, -0.25) is 14.5 Å². The van der Waals surface area contributed by atoms with Crippen molar-refractivity contribution in [3.05, 3.63) is 23.4 Å². The summed E-state index contributed by atoms with van der Waals surface area (Å²) < 4.78 is 10.4. The Kier molecular flexibility index (Phi) is 7.94. The van der Waals surface area contributed by atoms with Crippen molar-refractivity contribution in [1.82, 2.24) is 10.3 Å². The molecule has 3 rings (SSSR count). The lowest BCUT2D eigenvalue weighted by molar-refractivity contribution is -0.144. The lowest BCUT2D eigenvalue weighted by atomic mass is 9.72. The van der Waals surface area contributed by atoms with E-state index in [4.69, 9.17) is 20.2 Å². The number of fused-ring (bicyclic) bond motifs is 1. The average Bonchev–Trinajstić information content (AvgIpc) is 2.72. The van der Waals surface area contributed by atoms with Gasteiger partial charge < -0.3 is 20.5 Å². The minimum atomic E-state index is -0.850. The third kappa shape index (κ3) is 6.66. The van der Waals surface area contributed by atoms with E-state index in [0.717, 1.165) is 43.4 Å². The third-order valence-electron chi connectivity index (χ3n) is 5.90. The van der Waals surface area contributed by atoms with Gasteiger partial charge in [-0.1, -0.05) is 6.07 Å². The highest BCUT2D eigenvalue weighted by Crippen LogP contribution is 2.37. The molecule has 0 unspecified atom stereocenters. The molecular formula is C24H36N4O5. The van der Waals surface area contributed by atoms with Crippen LogP contribution in [-0.4, -0.2) is 54.3 Å². The standard InChI is InChI=1S/C24H36N4O5/c1-5-32-22(30)19(25)14-26-21(29)17-11-15(12-17)13-18-9-8-16-7-6-10-28(20(16)27-18)23(31)33-24(2,3)4/h8-9,15,17,19H,5-7,10-14,25H2,1-4H3,(H,26,29)/t15-,17+,19-/m0/s1. The number of esters is 1. The minimum Gasteiger partial charge on any atom is -0.465 e. The zero-order valence-electron chi connectivity index (χ0n) is 20.1. The van der Waals surface area contributed by atoms with Crippen molar-refractivity contribution in [3.63, 3.8) is 0 Å². The van der Waals surface area contributed by atoms with Crippen LogP contribution in [0, 0.1) is 11.8 Å². The summed E-state index contributed by atoms with van der Waals surface area (Å²) in [6, 6.07) is 3.22. The first-order chi connectivity index (χ1) is 15.6. The highest BCUT2D eigenvalue weighted by atomic mass is 16.6. The lowest BCUT2D eigenvalue weighted by Gasteiger charge is -2.35. The molecule has 0 saturated heterocycles. The fourth-order valence-corrected chi connectivity index (χ4v) is 4.19. The molecule has 1 aliphatic heterocycles. The molecule has 2 amide bonds. The van der Waals surface area contributed by atoms with Crippen LogP contribution >= 0.6 is 0 Å². The molecule has 0 spiro atoms. The predicted octanol–water partition coefficient (Wildman–Crippen LogP) is 2.34. The maximum atomic E-state index is 12.7. The van der Waals surface area contributed by atoms with Crippen molar-refractivity contribution in [2.45, 2.75) is 71.4 Å². The summed E-state index contributed by atoms with van der Waals surface area (Å²) >= 11 is 0. The second-order valence-corrected chi connectivity index (χ2v) is 9.86. The highest BCUT2D eigenvalue weighted by Gasteiger charge is 2.35. The van der Waals surface area contributed by atoms with Crippen molar-refractivity contribution in [2.75, 3.05) is 24.6 Å². The van der Waals surface area contributed by atoms with Crippen LogP contribution in [0.1, 0.15) is 58.2 Å². The van der Waals surface area contributed by atoms with Crippen molar-refractivity contribution in [3.8, 4) is 0 Å². The fraction of sp³-hybridized carbons (Fsp3) is 0.667. The number of nitrogens with zero attached hydrogens (tertiary/aromatic N) is 2. The molecule has 182 valence electrons. The maximum absolute atomic E-state index is 12.7. The van der Waals surface area contributed by atoms with Crippen molar-refractivity contribution in [1.29, 1.82) is 0 Å². The number of nitrogens with one attached hydrogen (secondary N) is 1. The number of nitrogens with two attached hydrogens (primary N) is 1. The largest absolute Gasteiger partial charge is 0.465 e. The number of ether oxygens (including phenoxy) is 2. The van der Waals surface area contributed by atoms with E-state index in [1.54, 1.807) is 11.8 Å². The number of amides is 2. The van der Waals surface area contributed by atoms with E-state index in [9.17, 15) is 14.4 Å². The zero-order chi connectivity index (χ0) is 24.2. The van der Waals surface area contributed by atoms with E-state index >= 15 is 0 Å². The summed E-state index contributed by atoms with van der Waals surface area (Å²) in [5, 5.41) is 2.75. The number of carbonyl (C=O) groups excluding carboxylic acids is 3. The molecule has 1 aromatic heterocycles. The van der Waals surface area contributed by atoms with E-state index in [-0.39, 0.29) is 31.1 Å². The number of aryl methyl sites for hydroxylation is 1. The molecule has 2 heterocycles. The first kappa shape index (κ1) is 25.0. The summed E-state index contributed by atoms with van der Waals surface area (Å²) in [5.41, 5.74) is 7.14. The van der Waals surface area contributed by atoms with Gasteiger partial charge in [0.1, 0.15) is 17.5 Å². The monoisotopic (exact) mass is 460 g/mol. The first-order valence-electron chi connectivity index (χ1n) is 11.8. The van der Waals surface area contributed by atoms with Crippen LogP contribution in [0.3, 0.4) is 0 Å². The predicted molar refractivity (Wildman–Crippen MR) is 124 cm³/mol. The molecule has 1 aliphatic carbocycles. The molecule has 33 heavy (non-hydrogen) atoms. The van der Waals surface area contributed by atoms with E-state index in [1.165, 1.54) is 0 Å². The first-order valence-corrected chi connectivity index (χ1v) is 11.8. The van der Waals surface area contributed by atoms with Crippen LogP contribution in [-0.2, 0) is 31.9 Å². The van der Waals surface area contributed by atoms with E-state index < -0.39 is 17.6 Å². The molecular weight excluding hydrogens is 424 g/mol. The third-order valence-corrected chi connectivity index (χ3v) is 5.90. The number of hydrogen-bond acceptors (Lipinski definition) is 7. The van der Waals surface area contributed by atoms with Gasteiger partial charge in [0.2, 0.25) is 5.91 Å². The summed E-state index contributed by atoms with van der Waals surface area (Å²) in [7, 11) is 0. The Bertz CT molecular complexity index is 876. The van der Waals surface area contributed by atoms with E-state index in [2.05, 4.69) is 5.32 Å². The van der Waals surface area contributed by atoms with Gasteiger partial charge in [-0.05, 0) is 77.3 Å². The molecule has 9 nitrogen and oxygen atoms in total. The molecule has 2 aliphatic rings. The molecule has 1 fully saturated rings. The zero-order valence-corrected chi connectivity index (χ0v) is 20.1. The maximum Gasteiger partial charge on any atom is 0.416 e. The van der Waals surface area contributed by atoms with Gasteiger partial charge in [-0.25, -0.2) is 9.78 Å². The Hall–Kier alpha value is -2.68. The van der Waals surface area contributed by atoms with Crippen LogP contribution < -0.4 is 16.0 Å². The quantitative estimate of drug-likeness (QED) is 0.599. The van der Waals surface area contributed by atoms with Crippen molar-refractivity contribution < 1.29 is 23.9 Å². The molecule has 0 bridgehead atoms. The van der Waals surface area contributed by atoms with Crippen LogP contribution in [0.25, 0.3) is 0 Å². The molecule has 0 aromatic carbocycles. The fourth-order valence-electron chi connectivity index (χ4n) is 4.19. The van der Waals surface area contributed by atoms with Gasteiger partial charge in [-0.15, -0.1) is 0 Å². The van der Waals surface area contributed by atoms with Gasteiger partial charge in [0.05, 0.1) is 6.61 Å². The summed E-state index contributed by atoms with van der Waals surface area (Å²) in [5.74, 6) is 0.363. The average molecular weight is 461 g/mol. The van der Waals surface area contributed by atoms with Gasteiger partial charge in [0, 0.05) is 24.7 Å². The van der Waals surface area contributed by atoms with Crippen LogP contribution in [0.4, 0.5) is 10.6 Å². The van der Waals surface area contributed by atoms with Crippen LogP contribution in [0.5, 0.6) is 0 Å². The Balaban J connectivity index is 1.52. The topological polar surface area (TPSA) is 124 Å². The number of aromatic nitrogens is 1. The normalized spacial score (nSPS) is 20.8. The van der Waals surface area contributed by atoms with Crippen LogP contribution in [0.15, 0.2) is 12.1 Å². The summed E-state index contributed by atoms with van der Waals surface area (Å²) in [6.07, 6.45) is 3.68. The molecule has 0 radical (unpaired) electrons. The number of rotatable bonds is 7. The number of pyridine rings is 1. The number of hydrogen-bond donors (Lipinski definition) is 2. The minimum absolute atomic E-state index is 0.0751. The second-order valence-electron chi connectivity index (χ2n) is 9.86. The Morgan fingerprint density at radius 3 is 2.67 bits per heavy atom. The van der Waals surface area contributed by atoms with Crippen molar-refractivity contribution >= 4 is 23.8 Å². The van der Waals surface area contributed by atoms with Gasteiger partial charge in [0.15, 0.2) is 0 Å². The number of anilines is 1. The highest BCUT2D eigenvalue weighted by molar-refractivity contribution is 5.88. The molecule has 3 N–H and O–H groups in total. The Morgan fingerprint density at radius 1 is 1.27 bits per heavy atom. The molecule has 1 saturated carbocycles. The van der Waals surface area contributed by atoms with Gasteiger partial charge in [0.25, 0.3) is 0 Å². The SMILES string of the molecule is CCOC(=O)[C@@H](N)CNC(=O)[C@H]1C[C@@H](Cc2ccc3c(n2)N(C(=O)OC(C)(C)C)CCC3)C1. The second kappa shape index (κ2) is 10.5. The number of carbonyl (C=O) groups is 3. The van der Waals surface area contributed by atoms with Crippen molar-refractivity contribution in [2.24, 2.45) is 17.6 Å². The van der Waals surface area contributed by atoms with E-state index in [0.29, 0.717) is 18.3 Å². The molecule has 1 atom stereocenters. The molecule has 1 aromatic rings. The van der Waals surface area contributed by atoms with Gasteiger partial charge >= 0.3 is 12.1 Å².